The van der Waals surface area contributed by atoms with Crippen LogP contribution in [-0.2, 0) is 9.47 Å². The molecular formula is C27H35N3O3. The summed E-state index contributed by atoms with van der Waals surface area (Å²) in [5.41, 5.74) is 1.71. The van der Waals surface area contributed by atoms with Crippen LogP contribution >= 0.6 is 0 Å². The largest absolute Gasteiger partial charge is 0.378 e. The molecule has 3 aliphatic rings. The first-order valence-corrected chi connectivity index (χ1v) is 12.5. The van der Waals surface area contributed by atoms with Gasteiger partial charge in [-0.15, -0.1) is 0 Å². The number of aromatic nitrogens is 1. The van der Waals surface area contributed by atoms with Crippen molar-refractivity contribution in [1.29, 1.82) is 0 Å². The normalized spacial score (nSPS) is 24.9. The molecule has 0 aliphatic carbocycles. The molecule has 1 aromatic carbocycles. The molecule has 2 aromatic rings. The number of amides is 1. The highest BCUT2D eigenvalue weighted by Gasteiger charge is 2.45. The highest BCUT2D eigenvalue weighted by atomic mass is 16.5. The summed E-state index contributed by atoms with van der Waals surface area (Å²) in [6, 6.07) is 14.3. The predicted octanol–water partition coefficient (Wildman–Crippen LogP) is 4.61. The lowest BCUT2D eigenvalue weighted by molar-refractivity contribution is -0.190. The smallest absolute Gasteiger partial charge is 0.257 e. The van der Waals surface area contributed by atoms with Crippen molar-refractivity contribution in [1.82, 2.24) is 9.88 Å². The van der Waals surface area contributed by atoms with E-state index in [2.05, 4.69) is 41.1 Å². The van der Waals surface area contributed by atoms with Gasteiger partial charge in [-0.1, -0.05) is 30.3 Å². The van der Waals surface area contributed by atoms with Gasteiger partial charge in [0, 0.05) is 51.8 Å². The summed E-state index contributed by atoms with van der Waals surface area (Å²) < 4.78 is 12.9. The Morgan fingerprint density at radius 1 is 1.09 bits per heavy atom. The van der Waals surface area contributed by atoms with Crippen LogP contribution in [0.25, 0.3) is 0 Å². The van der Waals surface area contributed by atoms with Gasteiger partial charge in [0.05, 0.1) is 23.4 Å². The molecule has 6 nitrogen and oxygen atoms in total. The Hall–Kier alpha value is -2.44. The van der Waals surface area contributed by atoms with Gasteiger partial charge >= 0.3 is 0 Å². The lowest BCUT2D eigenvalue weighted by Gasteiger charge is -2.49. The molecule has 1 amide bonds. The van der Waals surface area contributed by atoms with Crippen LogP contribution in [0.3, 0.4) is 0 Å². The van der Waals surface area contributed by atoms with Gasteiger partial charge in [0.1, 0.15) is 5.82 Å². The van der Waals surface area contributed by atoms with Crippen LogP contribution in [0.1, 0.15) is 67.5 Å². The third kappa shape index (κ3) is 4.78. The summed E-state index contributed by atoms with van der Waals surface area (Å²) in [6.07, 6.45) is 7.82. The van der Waals surface area contributed by atoms with Crippen molar-refractivity contribution < 1.29 is 14.3 Å². The monoisotopic (exact) mass is 449 g/mol. The maximum absolute atomic E-state index is 13.5. The second-order valence-electron chi connectivity index (χ2n) is 9.58. The highest BCUT2D eigenvalue weighted by molar-refractivity contribution is 5.99. The minimum atomic E-state index is -0.234. The summed E-state index contributed by atoms with van der Waals surface area (Å²) in [4.78, 5) is 22.3. The molecule has 0 saturated carbocycles. The van der Waals surface area contributed by atoms with Crippen molar-refractivity contribution in [3.8, 4) is 0 Å². The van der Waals surface area contributed by atoms with Crippen molar-refractivity contribution in [3.05, 3.63) is 59.8 Å². The molecular weight excluding hydrogens is 414 g/mol. The Morgan fingerprint density at radius 2 is 1.85 bits per heavy atom. The van der Waals surface area contributed by atoms with Crippen LogP contribution in [0.4, 0.5) is 5.82 Å². The van der Waals surface area contributed by atoms with Gasteiger partial charge in [-0.05, 0) is 50.3 Å². The van der Waals surface area contributed by atoms with Gasteiger partial charge in [0.15, 0.2) is 0 Å². The van der Waals surface area contributed by atoms with E-state index in [0.29, 0.717) is 19.7 Å². The number of likely N-dealkylation sites (tertiary alicyclic amines) is 1. The summed E-state index contributed by atoms with van der Waals surface area (Å²) in [7, 11) is 0. The Labute approximate surface area is 196 Å². The zero-order valence-corrected chi connectivity index (χ0v) is 19.6. The van der Waals surface area contributed by atoms with E-state index in [9.17, 15) is 4.79 Å². The first kappa shape index (κ1) is 22.4. The zero-order chi connectivity index (χ0) is 22.7. The fourth-order valence-corrected chi connectivity index (χ4v) is 5.72. The molecule has 0 N–H and O–H groups in total. The van der Waals surface area contributed by atoms with Crippen LogP contribution in [-0.4, -0.2) is 60.3 Å². The molecule has 5 rings (SSSR count). The third-order valence-corrected chi connectivity index (χ3v) is 7.43. The van der Waals surface area contributed by atoms with Gasteiger partial charge in [-0.2, -0.15) is 0 Å². The van der Waals surface area contributed by atoms with Crippen LogP contribution < -0.4 is 4.90 Å². The second-order valence-corrected chi connectivity index (χ2v) is 9.58. The molecule has 6 heteroatoms. The van der Waals surface area contributed by atoms with Crippen molar-refractivity contribution in [3.63, 3.8) is 0 Å². The summed E-state index contributed by atoms with van der Waals surface area (Å²) in [5.74, 6) is 0.936. The van der Waals surface area contributed by atoms with Crippen LogP contribution in [0.15, 0.2) is 48.7 Å². The molecule has 4 heterocycles. The van der Waals surface area contributed by atoms with Crippen LogP contribution in [0.2, 0.25) is 0 Å². The summed E-state index contributed by atoms with van der Waals surface area (Å²) >= 11 is 0. The highest BCUT2D eigenvalue weighted by Crippen LogP contribution is 2.44. The van der Waals surface area contributed by atoms with E-state index in [1.165, 1.54) is 5.56 Å². The molecule has 3 fully saturated rings. The Bertz CT molecular complexity index is 937. The van der Waals surface area contributed by atoms with Crippen LogP contribution in [0.5, 0.6) is 0 Å². The van der Waals surface area contributed by atoms with Crippen molar-refractivity contribution in [2.75, 3.05) is 37.7 Å². The lowest BCUT2D eigenvalue weighted by atomic mass is 9.80. The quantitative estimate of drug-likeness (QED) is 0.667. The summed E-state index contributed by atoms with van der Waals surface area (Å²) in [5, 5.41) is 0. The minimum Gasteiger partial charge on any atom is -0.378 e. The average Bonchev–Trinajstić information content (AvgIpc) is 3.40. The molecule has 0 bridgehead atoms. The number of nitrogens with zero attached hydrogens (tertiary/aromatic N) is 3. The van der Waals surface area contributed by atoms with E-state index in [4.69, 9.17) is 9.47 Å². The molecule has 2 unspecified atom stereocenters. The van der Waals surface area contributed by atoms with Gasteiger partial charge in [-0.25, -0.2) is 4.98 Å². The average molecular weight is 450 g/mol. The second kappa shape index (κ2) is 9.82. The lowest BCUT2D eigenvalue weighted by Crippen LogP contribution is -2.52. The number of pyridine rings is 1. The first-order chi connectivity index (χ1) is 16.2. The van der Waals surface area contributed by atoms with Crippen molar-refractivity contribution >= 4 is 11.7 Å². The maximum Gasteiger partial charge on any atom is 0.257 e. The van der Waals surface area contributed by atoms with Gasteiger partial charge < -0.3 is 19.3 Å². The molecule has 0 radical (unpaired) electrons. The van der Waals surface area contributed by atoms with E-state index >= 15 is 0 Å². The molecule has 33 heavy (non-hydrogen) atoms. The number of hydrogen-bond donors (Lipinski definition) is 0. The fraction of sp³-hybridized carbons (Fsp3) is 0.556. The van der Waals surface area contributed by atoms with Crippen LogP contribution in [0, 0.1) is 0 Å². The standard InChI is InChI=1S/C27H35N3O3/c1-2-32-22-19-24(21-9-4-3-5-10-21)33-27(20-22)12-17-30(18-13-27)26(31)23-11-8-14-28-25(23)29-15-6-7-16-29/h3-5,8-11,14,22,24H,2,6-7,12-13,15-20H2,1H3. The van der Waals surface area contributed by atoms with Gasteiger partial charge in [-0.3, -0.25) is 4.79 Å². The number of piperidine rings is 1. The van der Waals surface area contributed by atoms with Crippen molar-refractivity contribution in [2.24, 2.45) is 0 Å². The molecule has 2 atom stereocenters. The third-order valence-electron chi connectivity index (χ3n) is 7.43. The number of carbonyl (C=O) groups is 1. The van der Waals surface area contributed by atoms with E-state index in [-0.39, 0.29) is 23.7 Å². The number of hydrogen-bond acceptors (Lipinski definition) is 5. The van der Waals surface area contributed by atoms with Gasteiger partial charge in [0.25, 0.3) is 5.91 Å². The predicted molar refractivity (Wildman–Crippen MR) is 128 cm³/mol. The summed E-state index contributed by atoms with van der Waals surface area (Å²) in [6.45, 7) is 6.14. The Kier molecular flexibility index (Phi) is 6.65. The zero-order valence-electron chi connectivity index (χ0n) is 19.6. The maximum atomic E-state index is 13.5. The molecule has 176 valence electrons. The van der Waals surface area contributed by atoms with E-state index < -0.39 is 0 Å². The van der Waals surface area contributed by atoms with E-state index in [1.807, 2.05) is 23.1 Å². The van der Waals surface area contributed by atoms with E-state index in [1.54, 1.807) is 6.20 Å². The molecule has 3 saturated heterocycles. The Balaban J connectivity index is 1.30. The molecule has 1 aromatic heterocycles. The van der Waals surface area contributed by atoms with E-state index in [0.717, 1.165) is 63.0 Å². The number of benzene rings is 1. The number of carbonyl (C=O) groups excluding carboxylic acids is 1. The number of anilines is 1. The topological polar surface area (TPSA) is 54.9 Å². The number of ether oxygens (including phenoxy) is 2. The number of rotatable bonds is 5. The Morgan fingerprint density at radius 3 is 2.58 bits per heavy atom. The molecule has 1 spiro atoms. The first-order valence-electron chi connectivity index (χ1n) is 12.5. The SMILES string of the molecule is CCOC1CC(c2ccccc2)OC2(CCN(C(=O)c3cccnc3N3CCCC3)CC2)C1. The van der Waals surface area contributed by atoms with Crippen molar-refractivity contribution in [2.45, 2.75) is 63.3 Å². The van der Waals surface area contributed by atoms with Gasteiger partial charge in [0.2, 0.25) is 0 Å². The molecule has 3 aliphatic heterocycles. The minimum absolute atomic E-state index is 0.0406. The fourth-order valence-electron chi connectivity index (χ4n) is 5.72.